The molecule has 1 unspecified atom stereocenters. The summed E-state index contributed by atoms with van der Waals surface area (Å²) in [5, 5.41) is 3.15. The van der Waals surface area contributed by atoms with Gasteiger partial charge in [-0.15, -0.1) is 24.0 Å². The SMILES string of the molecule is CCC(C)NC(N)=NCc1ccc(OCc2ccccc2)c(OC)c1.I. The predicted molar refractivity (Wildman–Crippen MR) is 117 cm³/mol. The van der Waals surface area contributed by atoms with Gasteiger partial charge in [-0.1, -0.05) is 43.3 Å². The van der Waals surface area contributed by atoms with Crippen LogP contribution in [-0.4, -0.2) is 19.1 Å². The molecule has 0 aliphatic heterocycles. The lowest BCUT2D eigenvalue weighted by molar-refractivity contribution is 0.284. The first-order valence-corrected chi connectivity index (χ1v) is 8.52. The van der Waals surface area contributed by atoms with Crippen molar-refractivity contribution >= 4 is 29.9 Å². The minimum atomic E-state index is 0. The second kappa shape index (κ2) is 11.6. The van der Waals surface area contributed by atoms with Crippen molar-refractivity contribution < 1.29 is 9.47 Å². The maximum absolute atomic E-state index is 5.89. The number of benzene rings is 2. The summed E-state index contributed by atoms with van der Waals surface area (Å²) in [6.07, 6.45) is 0.998. The molecule has 2 aromatic carbocycles. The van der Waals surface area contributed by atoms with Crippen molar-refractivity contribution in [3.05, 3.63) is 59.7 Å². The summed E-state index contributed by atoms with van der Waals surface area (Å²) in [6, 6.07) is 16.2. The number of nitrogens with zero attached hydrogens (tertiary/aromatic N) is 1. The highest BCUT2D eigenvalue weighted by Crippen LogP contribution is 2.29. The van der Waals surface area contributed by atoms with Crippen LogP contribution in [0.4, 0.5) is 0 Å². The van der Waals surface area contributed by atoms with Gasteiger partial charge in [0.15, 0.2) is 17.5 Å². The zero-order chi connectivity index (χ0) is 18.1. The molecule has 0 saturated heterocycles. The van der Waals surface area contributed by atoms with Crippen LogP contribution in [0.25, 0.3) is 0 Å². The lowest BCUT2D eigenvalue weighted by Crippen LogP contribution is -2.38. The molecule has 0 radical (unpaired) electrons. The van der Waals surface area contributed by atoms with E-state index in [2.05, 4.69) is 24.2 Å². The van der Waals surface area contributed by atoms with Crippen LogP contribution in [0.3, 0.4) is 0 Å². The number of rotatable bonds is 8. The van der Waals surface area contributed by atoms with Crippen molar-refractivity contribution in [2.75, 3.05) is 7.11 Å². The molecule has 6 heteroatoms. The number of hydrogen-bond donors (Lipinski definition) is 2. The monoisotopic (exact) mass is 469 g/mol. The molecule has 0 aromatic heterocycles. The molecule has 0 fully saturated rings. The predicted octanol–water partition coefficient (Wildman–Crippen LogP) is 4.10. The topological polar surface area (TPSA) is 68.9 Å². The number of hydrogen-bond acceptors (Lipinski definition) is 3. The van der Waals surface area contributed by atoms with Gasteiger partial charge in [0.2, 0.25) is 0 Å². The molecule has 0 aliphatic rings. The Morgan fingerprint density at radius 1 is 1.12 bits per heavy atom. The largest absolute Gasteiger partial charge is 0.493 e. The molecule has 0 aliphatic carbocycles. The van der Waals surface area contributed by atoms with E-state index >= 15 is 0 Å². The molecule has 5 nitrogen and oxygen atoms in total. The molecular weight excluding hydrogens is 441 g/mol. The van der Waals surface area contributed by atoms with Gasteiger partial charge < -0.3 is 20.5 Å². The fraction of sp³-hybridized carbons (Fsp3) is 0.350. The number of guanidine groups is 1. The van der Waals surface area contributed by atoms with E-state index in [-0.39, 0.29) is 24.0 Å². The minimum Gasteiger partial charge on any atom is -0.493 e. The average Bonchev–Trinajstić information content (AvgIpc) is 2.65. The third-order valence-electron chi connectivity index (χ3n) is 3.90. The second-order valence-corrected chi connectivity index (χ2v) is 5.91. The summed E-state index contributed by atoms with van der Waals surface area (Å²) in [7, 11) is 1.64. The molecule has 0 bridgehead atoms. The summed E-state index contributed by atoms with van der Waals surface area (Å²) in [5.41, 5.74) is 8.02. The van der Waals surface area contributed by atoms with Gasteiger partial charge in [0.05, 0.1) is 13.7 Å². The van der Waals surface area contributed by atoms with E-state index in [1.165, 1.54) is 0 Å². The van der Waals surface area contributed by atoms with Crippen molar-refractivity contribution in [1.82, 2.24) is 5.32 Å². The highest BCUT2D eigenvalue weighted by atomic mass is 127. The Hall–Kier alpha value is -1.96. The van der Waals surface area contributed by atoms with Crippen molar-refractivity contribution in [3.8, 4) is 11.5 Å². The number of methoxy groups -OCH3 is 1. The number of halogens is 1. The summed E-state index contributed by atoms with van der Waals surface area (Å²) in [5.74, 6) is 1.86. The van der Waals surface area contributed by atoms with Crippen molar-refractivity contribution in [2.24, 2.45) is 10.7 Å². The lowest BCUT2D eigenvalue weighted by Gasteiger charge is -2.13. The summed E-state index contributed by atoms with van der Waals surface area (Å²) in [4.78, 5) is 4.37. The van der Waals surface area contributed by atoms with E-state index in [1.54, 1.807) is 7.11 Å². The second-order valence-electron chi connectivity index (χ2n) is 5.91. The quantitative estimate of drug-likeness (QED) is 0.347. The third-order valence-corrected chi connectivity index (χ3v) is 3.90. The van der Waals surface area contributed by atoms with Gasteiger partial charge in [-0.05, 0) is 36.6 Å². The number of aliphatic imine (C=N–C) groups is 1. The molecular formula is C20H28IN3O2. The Morgan fingerprint density at radius 2 is 1.85 bits per heavy atom. The molecule has 3 N–H and O–H groups in total. The van der Waals surface area contributed by atoms with Crippen LogP contribution in [0.15, 0.2) is 53.5 Å². The van der Waals surface area contributed by atoms with E-state index in [0.717, 1.165) is 17.5 Å². The molecule has 2 rings (SSSR count). The normalized spacial score (nSPS) is 12.0. The Balaban J connectivity index is 0.00000338. The number of nitrogens with one attached hydrogen (secondary N) is 1. The summed E-state index contributed by atoms with van der Waals surface area (Å²) < 4.78 is 11.3. The van der Waals surface area contributed by atoms with Crippen LogP contribution in [0, 0.1) is 0 Å². The molecule has 26 heavy (non-hydrogen) atoms. The van der Waals surface area contributed by atoms with Gasteiger partial charge in [-0.2, -0.15) is 0 Å². The minimum absolute atomic E-state index is 0. The Morgan fingerprint density at radius 3 is 2.50 bits per heavy atom. The summed E-state index contributed by atoms with van der Waals surface area (Å²) >= 11 is 0. The smallest absolute Gasteiger partial charge is 0.189 e. The van der Waals surface area contributed by atoms with Gasteiger partial charge in [0.1, 0.15) is 6.61 Å². The first kappa shape index (κ1) is 22.1. The Kier molecular flexibility index (Phi) is 9.87. The van der Waals surface area contributed by atoms with Gasteiger partial charge >= 0.3 is 0 Å². The highest BCUT2D eigenvalue weighted by Gasteiger charge is 2.07. The van der Waals surface area contributed by atoms with Crippen LogP contribution in [0.5, 0.6) is 11.5 Å². The van der Waals surface area contributed by atoms with Gasteiger partial charge in [0.25, 0.3) is 0 Å². The third kappa shape index (κ3) is 7.11. The van der Waals surface area contributed by atoms with Crippen LogP contribution in [0.2, 0.25) is 0 Å². The fourth-order valence-corrected chi connectivity index (χ4v) is 2.24. The molecule has 0 amide bonds. The lowest BCUT2D eigenvalue weighted by atomic mass is 10.2. The maximum atomic E-state index is 5.89. The van der Waals surface area contributed by atoms with E-state index < -0.39 is 0 Å². The standard InChI is InChI=1S/C20H27N3O2.HI/c1-4-15(2)23-20(21)22-13-17-10-11-18(19(12-17)24-3)25-14-16-8-6-5-7-9-16;/h5-12,15H,4,13-14H2,1-3H3,(H3,21,22,23);1H. The molecule has 0 saturated carbocycles. The maximum Gasteiger partial charge on any atom is 0.189 e. The first-order chi connectivity index (χ1) is 12.1. The van der Waals surface area contributed by atoms with Gasteiger partial charge in [-0.3, -0.25) is 0 Å². The molecule has 1 atom stereocenters. The zero-order valence-corrected chi connectivity index (χ0v) is 17.9. The Labute approximate surface area is 173 Å². The fourth-order valence-electron chi connectivity index (χ4n) is 2.24. The van der Waals surface area contributed by atoms with E-state index in [9.17, 15) is 0 Å². The first-order valence-electron chi connectivity index (χ1n) is 8.52. The summed E-state index contributed by atoms with van der Waals surface area (Å²) in [6.45, 7) is 5.17. The van der Waals surface area contributed by atoms with Crippen molar-refractivity contribution in [3.63, 3.8) is 0 Å². The highest BCUT2D eigenvalue weighted by molar-refractivity contribution is 14.0. The Bertz CT molecular complexity index is 693. The number of ether oxygens (including phenoxy) is 2. The molecule has 142 valence electrons. The zero-order valence-electron chi connectivity index (χ0n) is 15.6. The molecule has 2 aromatic rings. The van der Waals surface area contributed by atoms with Gasteiger partial charge in [-0.25, -0.2) is 4.99 Å². The van der Waals surface area contributed by atoms with Crippen LogP contribution < -0.4 is 20.5 Å². The van der Waals surface area contributed by atoms with Crippen LogP contribution in [-0.2, 0) is 13.2 Å². The number of nitrogens with two attached hydrogens (primary N) is 1. The van der Waals surface area contributed by atoms with E-state index in [1.807, 2.05) is 48.5 Å². The van der Waals surface area contributed by atoms with Crippen molar-refractivity contribution in [2.45, 2.75) is 39.5 Å². The molecule has 0 spiro atoms. The average molecular weight is 469 g/mol. The molecule has 0 heterocycles. The van der Waals surface area contributed by atoms with Crippen LogP contribution in [0.1, 0.15) is 31.4 Å². The van der Waals surface area contributed by atoms with Gasteiger partial charge in [0, 0.05) is 6.04 Å². The van der Waals surface area contributed by atoms with E-state index in [0.29, 0.717) is 36.7 Å². The van der Waals surface area contributed by atoms with Crippen molar-refractivity contribution in [1.29, 1.82) is 0 Å². The van der Waals surface area contributed by atoms with Crippen LogP contribution >= 0.6 is 24.0 Å². The van der Waals surface area contributed by atoms with E-state index in [4.69, 9.17) is 15.2 Å².